The highest BCUT2D eigenvalue weighted by Gasteiger charge is 2.23. The summed E-state index contributed by atoms with van der Waals surface area (Å²) in [5.74, 6) is 0.636. The molecule has 0 bridgehead atoms. The SMILES string of the molecule is C[C@@H]1CCc2c(sc3nc(COC(=O)c4ccsc4)[nH]c(=O)c23)C1. The summed E-state index contributed by atoms with van der Waals surface area (Å²) < 4.78 is 5.24. The molecular formula is C17H16N2O3S2. The lowest BCUT2D eigenvalue weighted by Crippen LogP contribution is -2.16. The Kier molecular flexibility index (Phi) is 3.97. The Bertz CT molecular complexity index is 956. The summed E-state index contributed by atoms with van der Waals surface area (Å²) in [6.07, 6.45) is 3.06. The number of hydrogen-bond acceptors (Lipinski definition) is 6. The van der Waals surface area contributed by atoms with E-state index in [1.165, 1.54) is 16.2 Å². The summed E-state index contributed by atoms with van der Waals surface area (Å²) in [7, 11) is 0. The van der Waals surface area contributed by atoms with Crippen molar-refractivity contribution in [1.82, 2.24) is 9.97 Å². The first-order chi connectivity index (χ1) is 11.6. The molecule has 3 heterocycles. The number of fused-ring (bicyclic) bond motifs is 3. The van der Waals surface area contributed by atoms with Crippen molar-refractivity contribution in [3.63, 3.8) is 0 Å². The van der Waals surface area contributed by atoms with Crippen LogP contribution in [0.5, 0.6) is 0 Å². The predicted octanol–water partition coefficient (Wildman–Crippen LogP) is 3.53. The summed E-state index contributed by atoms with van der Waals surface area (Å²) in [6, 6.07) is 1.71. The van der Waals surface area contributed by atoms with Gasteiger partial charge in [-0.1, -0.05) is 6.92 Å². The molecule has 1 aliphatic carbocycles. The number of thiophene rings is 2. The zero-order valence-electron chi connectivity index (χ0n) is 13.1. The standard InChI is InChI=1S/C17H16N2O3S2/c1-9-2-3-11-12(6-9)24-16-14(11)15(20)18-13(19-16)7-22-17(21)10-4-5-23-8-10/h4-5,8-9H,2-3,6-7H2,1H3,(H,18,19,20)/t9-/m1/s1. The third-order valence-corrected chi connectivity index (χ3v) is 6.14. The molecule has 1 aliphatic rings. The average molecular weight is 360 g/mol. The maximum absolute atomic E-state index is 12.5. The molecule has 0 unspecified atom stereocenters. The minimum atomic E-state index is -0.404. The monoisotopic (exact) mass is 360 g/mol. The second-order valence-corrected chi connectivity index (χ2v) is 8.00. The number of nitrogens with zero attached hydrogens (tertiary/aromatic N) is 1. The molecule has 0 aromatic carbocycles. The highest BCUT2D eigenvalue weighted by molar-refractivity contribution is 7.18. The third-order valence-electron chi connectivity index (χ3n) is 4.31. The maximum atomic E-state index is 12.5. The molecule has 3 aromatic heterocycles. The molecule has 0 saturated heterocycles. The first kappa shape index (κ1) is 15.5. The van der Waals surface area contributed by atoms with Crippen LogP contribution in [0.2, 0.25) is 0 Å². The highest BCUT2D eigenvalue weighted by Crippen LogP contribution is 2.35. The van der Waals surface area contributed by atoms with Gasteiger partial charge in [0.25, 0.3) is 5.56 Å². The van der Waals surface area contributed by atoms with E-state index in [2.05, 4.69) is 16.9 Å². The van der Waals surface area contributed by atoms with Crippen LogP contribution in [0.1, 0.15) is 40.0 Å². The Labute approximate surface area is 146 Å². The molecule has 3 aromatic rings. The number of ether oxygens (including phenoxy) is 1. The van der Waals surface area contributed by atoms with Gasteiger partial charge < -0.3 is 9.72 Å². The van der Waals surface area contributed by atoms with E-state index in [0.29, 0.717) is 17.3 Å². The van der Waals surface area contributed by atoms with Crippen LogP contribution in [0, 0.1) is 5.92 Å². The van der Waals surface area contributed by atoms with Crippen molar-refractivity contribution in [3.05, 3.63) is 49.0 Å². The number of aromatic nitrogens is 2. The lowest BCUT2D eigenvalue weighted by atomic mass is 9.89. The van der Waals surface area contributed by atoms with E-state index in [0.717, 1.165) is 35.0 Å². The van der Waals surface area contributed by atoms with E-state index in [1.54, 1.807) is 22.8 Å². The topological polar surface area (TPSA) is 72.0 Å². The van der Waals surface area contributed by atoms with Gasteiger partial charge in [0.2, 0.25) is 0 Å². The summed E-state index contributed by atoms with van der Waals surface area (Å²) in [5.41, 5.74) is 1.54. The van der Waals surface area contributed by atoms with Crippen LogP contribution >= 0.6 is 22.7 Å². The number of esters is 1. The van der Waals surface area contributed by atoms with Crippen LogP contribution in [0.15, 0.2) is 21.6 Å². The number of carbonyl (C=O) groups excluding carboxylic acids is 1. The number of nitrogens with one attached hydrogen (secondary N) is 1. The summed E-state index contributed by atoms with van der Waals surface area (Å²) >= 11 is 3.03. The van der Waals surface area contributed by atoms with Crippen molar-refractivity contribution in [2.45, 2.75) is 32.8 Å². The first-order valence-corrected chi connectivity index (χ1v) is 9.60. The molecule has 7 heteroatoms. The number of hydrogen-bond donors (Lipinski definition) is 1. The second-order valence-electron chi connectivity index (χ2n) is 6.13. The van der Waals surface area contributed by atoms with E-state index in [4.69, 9.17) is 4.74 Å². The van der Waals surface area contributed by atoms with Gasteiger partial charge >= 0.3 is 5.97 Å². The van der Waals surface area contributed by atoms with Gasteiger partial charge in [0, 0.05) is 10.3 Å². The minimum absolute atomic E-state index is 0.0289. The van der Waals surface area contributed by atoms with E-state index in [9.17, 15) is 9.59 Å². The molecule has 1 atom stereocenters. The molecule has 124 valence electrons. The van der Waals surface area contributed by atoms with Crippen LogP contribution in [0.3, 0.4) is 0 Å². The van der Waals surface area contributed by atoms with Crippen LogP contribution < -0.4 is 5.56 Å². The largest absolute Gasteiger partial charge is 0.454 e. The van der Waals surface area contributed by atoms with Crippen LogP contribution in [-0.4, -0.2) is 15.9 Å². The number of rotatable bonds is 3. The molecule has 24 heavy (non-hydrogen) atoms. The van der Waals surface area contributed by atoms with Gasteiger partial charge in [0.05, 0.1) is 10.9 Å². The molecule has 0 saturated carbocycles. The number of carbonyl (C=O) groups is 1. The van der Waals surface area contributed by atoms with Gasteiger partial charge in [0.1, 0.15) is 17.3 Å². The molecule has 1 N–H and O–H groups in total. The van der Waals surface area contributed by atoms with E-state index >= 15 is 0 Å². The fourth-order valence-corrected chi connectivity index (χ4v) is 5.09. The molecule has 0 fully saturated rings. The Morgan fingerprint density at radius 2 is 2.38 bits per heavy atom. The third kappa shape index (κ3) is 2.78. The molecule has 5 nitrogen and oxygen atoms in total. The molecule has 0 radical (unpaired) electrons. The van der Waals surface area contributed by atoms with Crippen LogP contribution in [0.25, 0.3) is 10.2 Å². The highest BCUT2D eigenvalue weighted by atomic mass is 32.1. The Hall–Kier alpha value is -1.99. The number of H-pyrrole nitrogens is 1. The first-order valence-electron chi connectivity index (χ1n) is 7.84. The summed E-state index contributed by atoms with van der Waals surface area (Å²) in [5, 5.41) is 4.27. The van der Waals surface area contributed by atoms with Gasteiger partial charge in [-0.25, -0.2) is 9.78 Å². The Morgan fingerprint density at radius 3 is 3.17 bits per heavy atom. The second kappa shape index (κ2) is 6.14. The van der Waals surface area contributed by atoms with Crippen molar-refractivity contribution < 1.29 is 9.53 Å². The van der Waals surface area contributed by atoms with E-state index < -0.39 is 5.97 Å². The lowest BCUT2D eigenvalue weighted by molar-refractivity contribution is 0.0463. The van der Waals surface area contributed by atoms with Crippen molar-refractivity contribution in [2.75, 3.05) is 0 Å². The quantitative estimate of drug-likeness (QED) is 0.725. The van der Waals surface area contributed by atoms with Crippen molar-refractivity contribution >= 4 is 38.9 Å². The van der Waals surface area contributed by atoms with Crippen LogP contribution in [0.4, 0.5) is 0 Å². The fraction of sp³-hybridized carbons (Fsp3) is 0.353. The molecule has 0 amide bonds. The Balaban J connectivity index is 1.61. The summed E-state index contributed by atoms with van der Waals surface area (Å²) in [4.78, 5) is 33.6. The normalized spacial score (nSPS) is 17.0. The average Bonchev–Trinajstić information content (AvgIpc) is 3.19. The Morgan fingerprint density at radius 1 is 1.50 bits per heavy atom. The van der Waals surface area contributed by atoms with Gasteiger partial charge in [-0.15, -0.1) is 11.3 Å². The van der Waals surface area contributed by atoms with Crippen molar-refractivity contribution in [2.24, 2.45) is 5.92 Å². The van der Waals surface area contributed by atoms with Crippen molar-refractivity contribution in [1.29, 1.82) is 0 Å². The van der Waals surface area contributed by atoms with Crippen molar-refractivity contribution in [3.8, 4) is 0 Å². The fourth-order valence-electron chi connectivity index (χ4n) is 3.06. The maximum Gasteiger partial charge on any atom is 0.339 e. The smallest absolute Gasteiger partial charge is 0.339 e. The zero-order chi connectivity index (χ0) is 16.7. The minimum Gasteiger partial charge on any atom is -0.454 e. The van der Waals surface area contributed by atoms with E-state index in [1.807, 2.05) is 5.38 Å². The van der Waals surface area contributed by atoms with Gasteiger partial charge in [0.15, 0.2) is 0 Å². The van der Waals surface area contributed by atoms with Gasteiger partial charge in [-0.3, -0.25) is 4.79 Å². The van der Waals surface area contributed by atoms with E-state index in [-0.39, 0.29) is 12.2 Å². The molecule has 0 spiro atoms. The number of aromatic amines is 1. The number of aryl methyl sites for hydroxylation is 1. The molecular weight excluding hydrogens is 344 g/mol. The van der Waals surface area contributed by atoms with Gasteiger partial charge in [-0.2, -0.15) is 11.3 Å². The molecule has 4 rings (SSSR count). The lowest BCUT2D eigenvalue weighted by Gasteiger charge is -2.17. The predicted molar refractivity (Wildman–Crippen MR) is 94.9 cm³/mol. The summed E-state index contributed by atoms with van der Waals surface area (Å²) in [6.45, 7) is 2.21. The van der Waals surface area contributed by atoms with Gasteiger partial charge in [-0.05, 0) is 42.2 Å². The van der Waals surface area contributed by atoms with Crippen LogP contribution in [-0.2, 0) is 24.2 Å². The zero-order valence-corrected chi connectivity index (χ0v) is 14.8. The molecule has 0 aliphatic heterocycles.